The zero-order valence-electron chi connectivity index (χ0n) is 17.7. The van der Waals surface area contributed by atoms with Gasteiger partial charge in [0.15, 0.2) is 18.5 Å². The van der Waals surface area contributed by atoms with Crippen LogP contribution in [0.2, 0.25) is 0 Å². The van der Waals surface area contributed by atoms with Crippen LogP contribution >= 0.6 is 0 Å². The molecule has 0 amide bonds. The fraction of sp³-hybridized carbons (Fsp3) is 0.550. The smallest absolute Gasteiger partial charge is 0.341 e. The molecule has 0 aromatic carbocycles. The van der Waals surface area contributed by atoms with E-state index in [1.54, 1.807) is 13.8 Å². The first kappa shape index (κ1) is 24.2. The Morgan fingerprint density at radius 2 is 1.77 bits per heavy atom. The summed E-state index contributed by atoms with van der Waals surface area (Å²) in [7, 11) is 0. The fourth-order valence-corrected chi connectivity index (χ4v) is 3.04. The van der Waals surface area contributed by atoms with Crippen LogP contribution in [0.25, 0.3) is 0 Å². The van der Waals surface area contributed by atoms with Gasteiger partial charge in [-0.05, 0) is 12.0 Å². The molecule has 3 N–H and O–H groups in total. The highest BCUT2D eigenvalue weighted by Crippen LogP contribution is 2.31. The predicted octanol–water partition coefficient (Wildman–Crippen LogP) is -0.0404. The van der Waals surface area contributed by atoms with E-state index in [-0.39, 0.29) is 18.1 Å². The van der Waals surface area contributed by atoms with Crippen molar-refractivity contribution < 1.29 is 47.8 Å². The van der Waals surface area contributed by atoms with Crippen molar-refractivity contribution in [2.24, 2.45) is 11.7 Å². The molecule has 2 rings (SSSR count). The molecule has 0 saturated carbocycles. The van der Waals surface area contributed by atoms with Gasteiger partial charge in [0.1, 0.15) is 24.3 Å². The zero-order chi connectivity index (χ0) is 23.3. The van der Waals surface area contributed by atoms with Gasteiger partial charge >= 0.3 is 30.1 Å². The monoisotopic (exact) mass is 439 g/mol. The Kier molecular flexibility index (Phi) is 8.06. The maximum Gasteiger partial charge on any atom is 0.341 e. The van der Waals surface area contributed by atoms with Crippen LogP contribution in [0.4, 0.5) is 0 Å². The van der Waals surface area contributed by atoms with Gasteiger partial charge in [-0.2, -0.15) is 4.57 Å². The SMILES string of the molecule is CC(=O)O[C@@H]1[C@H](OC(C)=O)[C@@H](COC(=O)[C@@H](N)C(C)C)O[C@H]1[n+]1cccc(C(=O)O)c1. The summed E-state index contributed by atoms with van der Waals surface area (Å²) < 4.78 is 23.2. The van der Waals surface area contributed by atoms with Crippen molar-refractivity contribution >= 4 is 23.9 Å². The number of carbonyl (C=O) groups is 4. The largest absolute Gasteiger partial charge is 0.477 e. The van der Waals surface area contributed by atoms with Crippen LogP contribution in [0, 0.1) is 5.92 Å². The van der Waals surface area contributed by atoms with Crippen LogP contribution < -0.4 is 10.3 Å². The third kappa shape index (κ3) is 6.22. The minimum atomic E-state index is -1.17. The summed E-state index contributed by atoms with van der Waals surface area (Å²) in [5.74, 6) is -3.30. The number of rotatable bonds is 8. The summed E-state index contributed by atoms with van der Waals surface area (Å²) >= 11 is 0. The van der Waals surface area contributed by atoms with Gasteiger partial charge in [0.05, 0.1) is 0 Å². The molecular weight excluding hydrogens is 412 g/mol. The molecule has 0 unspecified atom stereocenters. The first-order chi connectivity index (χ1) is 14.5. The van der Waals surface area contributed by atoms with Crippen molar-refractivity contribution in [1.29, 1.82) is 0 Å². The van der Waals surface area contributed by atoms with E-state index in [4.69, 9.17) is 24.7 Å². The molecule has 1 aromatic rings. The van der Waals surface area contributed by atoms with Gasteiger partial charge in [0.25, 0.3) is 0 Å². The summed E-state index contributed by atoms with van der Waals surface area (Å²) in [6.07, 6.45) is -1.43. The molecule has 1 fully saturated rings. The molecule has 0 spiro atoms. The molecule has 1 aromatic heterocycles. The highest BCUT2D eigenvalue weighted by Gasteiger charge is 2.54. The molecular formula is C20H27N2O9+. The van der Waals surface area contributed by atoms with E-state index in [0.29, 0.717) is 0 Å². The Balaban J connectivity index is 2.33. The van der Waals surface area contributed by atoms with Crippen LogP contribution in [0.15, 0.2) is 24.5 Å². The Hall–Kier alpha value is -3.05. The van der Waals surface area contributed by atoms with Gasteiger partial charge in [-0.1, -0.05) is 13.8 Å². The summed E-state index contributed by atoms with van der Waals surface area (Å²) in [5, 5.41) is 9.25. The van der Waals surface area contributed by atoms with E-state index in [0.717, 1.165) is 0 Å². The third-order valence-corrected chi connectivity index (χ3v) is 4.63. The minimum Gasteiger partial charge on any atom is -0.477 e. The summed E-state index contributed by atoms with van der Waals surface area (Å²) in [6.45, 7) is 5.56. The first-order valence-electron chi connectivity index (χ1n) is 9.67. The molecule has 170 valence electrons. The van der Waals surface area contributed by atoms with Crippen LogP contribution in [0.1, 0.15) is 44.3 Å². The second kappa shape index (κ2) is 10.3. The summed E-state index contributed by atoms with van der Waals surface area (Å²) in [4.78, 5) is 46.8. The molecule has 1 aliphatic heterocycles. The highest BCUT2D eigenvalue weighted by molar-refractivity contribution is 5.86. The highest BCUT2D eigenvalue weighted by atomic mass is 16.7. The Morgan fingerprint density at radius 3 is 2.32 bits per heavy atom. The van der Waals surface area contributed by atoms with Gasteiger partial charge in [-0.15, -0.1) is 0 Å². The molecule has 0 radical (unpaired) electrons. The molecule has 11 nitrogen and oxygen atoms in total. The fourth-order valence-electron chi connectivity index (χ4n) is 3.04. The molecule has 11 heteroatoms. The van der Waals surface area contributed by atoms with Crippen molar-refractivity contribution in [3.63, 3.8) is 0 Å². The topological polar surface area (TPSA) is 155 Å². The van der Waals surface area contributed by atoms with Crippen LogP contribution in [0.3, 0.4) is 0 Å². The number of esters is 3. The minimum absolute atomic E-state index is 0.0329. The van der Waals surface area contributed by atoms with Crippen molar-refractivity contribution in [2.75, 3.05) is 6.61 Å². The van der Waals surface area contributed by atoms with Gasteiger partial charge in [0, 0.05) is 19.9 Å². The van der Waals surface area contributed by atoms with Gasteiger partial charge in [-0.25, -0.2) is 4.79 Å². The molecule has 2 heterocycles. The van der Waals surface area contributed by atoms with Crippen molar-refractivity contribution in [1.82, 2.24) is 0 Å². The summed E-state index contributed by atoms with van der Waals surface area (Å²) in [6, 6.07) is 2.01. The number of carboxylic acid groups (broad SMARTS) is 1. The van der Waals surface area contributed by atoms with E-state index < -0.39 is 54.5 Å². The first-order valence-corrected chi connectivity index (χ1v) is 9.67. The Morgan fingerprint density at radius 1 is 1.16 bits per heavy atom. The Labute approximate surface area is 179 Å². The molecule has 0 aliphatic carbocycles. The molecule has 5 atom stereocenters. The number of ether oxygens (including phenoxy) is 4. The standard InChI is InChI=1S/C20H26N2O9/c1-10(2)15(21)20(27)28-9-14-16(29-11(3)23)17(30-12(4)24)18(31-14)22-7-5-6-13(8-22)19(25)26/h5-8,10,14-18H,9,21H2,1-4H3/p+1/t14-,15+,16-,17-,18-/m1/s1. The van der Waals surface area contributed by atoms with E-state index in [1.807, 2.05) is 0 Å². The molecule has 1 aliphatic rings. The molecule has 31 heavy (non-hydrogen) atoms. The predicted molar refractivity (Wildman–Crippen MR) is 102 cm³/mol. The van der Waals surface area contributed by atoms with E-state index in [9.17, 15) is 24.3 Å². The van der Waals surface area contributed by atoms with Crippen molar-refractivity contribution in [2.45, 2.75) is 58.3 Å². The van der Waals surface area contributed by atoms with E-state index >= 15 is 0 Å². The van der Waals surface area contributed by atoms with Crippen molar-refractivity contribution in [3.8, 4) is 0 Å². The number of aromatic nitrogens is 1. The molecule has 0 bridgehead atoms. The second-order valence-corrected chi connectivity index (χ2v) is 7.46. The van der Waals surface area contributed by atoms with E-state index in [2.05, 4.69) is 0 Å². The lowest BCUT2D eigenvalue weighted by atomic mass is 10.1. The average Bonchev–Trinajstić information content (AvgIpc) is 3.01. The van der Waals surface area contributed by atoms with Gasteiger partial charge < -0.3 is 29.8 Å². The number of nitrogens with zero attached hydrogens (tertiary/aromatic N) is 1. The summed E-state index contributed by atoms with van der Waals surface area (Å²) in [5.41, 5.74) is 5.75. The van der Waals surface area contributed by atoms with Gasteiger partial charge in [-0.3, -0.25) is 14.4 Å². The lowest BCUT2D eigenvalue weighted by molar-refractivity contribution is -0.765. The number of hydrogen-bond acceptors (Lipinski definition) is 9. The number of hydrogen-bond donors (Lipinski definition) is 2. The second-order valence-electron chi connectivity index (χ2n) is 7.46. The maximum absolute atomic E-state index is 12.1. The lowest BCUT2D eigenvalue weighted by Crippen LogP contribution is -2.48. The molecule has 1 saturated heterocycles. The normalized spacial score (nSPS) is 23.8. The van der Waals surface area contributed by atoms with Crippen LogP contribution in [-0.4, -0.2) is 59.9 Å². The maximum atomic E-state index is 12.1. The number of pyridine rings is 1. The number of aromatic carboxylic acids is 1. The van der Waals surface area contributed by atoms with Crippen LogP contribution in [0.5, 0.6) is 0 Å². The van der Waals surface area contributed by atoms with Crippen molar-refractivity contribution in [3.05, 3.63) is 30.1 Å². The number of carbonyl (C=O) groups excluding carboxylic acids is 3. The lowest BCUT2D eigenvalue weighted by Gasteiger charge is -2.22. The average molecular weight is 439 g/mol. The quantitative estimate of drug-likeness (QED) is 0.320. The van der Waals surface area contributed by atoms with E-state index in [1.165, 1.54) is 42.9 Å². The number of carboxylic acids is 1. The van der Waals surface area contributed by atoms with Crippen LogP contribution in [-0.2, 0) is 33.3 Å². The Bertz CT molecular complexity index is 842. The number of nitrogens with two attached hydrogens (primary N) is 1. The zero-order valence-corrected chi connectivity index (χ0v) is 17.7. The third-order valence-electron chi connectivity index (χ3n) is 4.63. The van der Waals surface area contributed by atoms with Gasteiger partial charge in [0.2, 0.25) is 6.10 Å².